The molecule has 0 unspecified atom stereocenters. The van der Waals surface area contributed by atoms with Gasteiger partial charge in [-0.1, -0.05) is 6.07 Å². The number of carbonyl (C=O) groups excluding carboxylic acids is 1. The number of carboxylic acids is 1. The highest BCUT2D eigenvalue weighted by Gasteiger charge is 2.07. The fourth-order valence-electron chi connectivity index (χ4n) is 1.07. The Morgan fingerprint density at radius 1 is 1.38 bits per heavy atom. The van der Waals surface area contributed by atoms with Crippen molar-refractivity contribution in [2.24, 2.45) is 0 Å². The highest BCUT2D eigenvalue weighted by atomic mass is 16.5. The van der Waals surface area contributed by atoms with E-state index in [1.54, 1.807) is 25.1 Å². The maximum absolute atomic E-state index is 11.3. The largest absolute Gasteiger partial charge is 0.482 e. The third-order valence-electron chi connectivity index (χ3n) is 1.71. The predicted octanol–water partition coefficient (Wildman–Crippen LogP) is 1.33. The second-order valence-electron chi connectivity index (χ2n) is 2.93. The fourth-order valence-corrected chi connectivity index (χ4v) is 1.07. The summed E-state index contributed by atoms with van der Waals surface area (Å²) in [6, 6.07) is 6.20. The minimum absolute atomic E-state index is 0.291. The van der Waals surface area contributed by atoms with Gasteiger partial charge in [-0.3, -0.25) is 0 Å². The molecule has 0 fully saturated rings. The van der Waals surface area contributed by atoms with E-state index in [2.05, 4.69) is 0 Å². The van der Waals surface area contributed by atoms with Gasteiger partial charge >= 0.3 is 11.9 Å². The van der Waals surface area contributed by atoms with Crippen molar-refractivity contribution in [1.29, 1.82) is 0 Å². The first-order valence-corrected chi connectivity index (χ1v) is 4.75. The number of esters is 1. The van der Waals surface area contributed by atoms with Crippen LogP contribution in [0, 0.1) is 0 Å². The van der Waals surface area contributed by atoms with Crippen molar-refractivity contribution in [3.8, 4) is 5.75 Å². The number of hydrogen-bond acceptors (Lipinski definition) is 4. The molecule has 5 nitrogen and oxygen atoms in total. The highest BCUT2D eigenvalue weighted by Crippen LogP contribution is 2.14. The first-order valence-electron chi connectivity index (χ1n) is 4.75. The molecule has 0 heterocycles. The Bertz CT molecular complexity index is 386. The van der Waals surface area contributed by atoms with Gasteiger partial charge in [-0.05, 0) is 25.1 Å². The van der Waals surface area contributed by atoms with Crippen LogP contribution in [0.4, 0.5) is 0 Å². The third kappa shape index (κ3) is 3.61. The molecule has 0 aliphatic rings. The lowest BCUT2D eigenvalue weighted by Gasteiger charge is -2.05. The Kier molecular flexibility index (Phi) is 4.32. The molecule has 0 aliphatic heterocycles. The molecule has 0 atom stereocenters. The normalized spacial score (nSPS) is 9.56. The van der Waals surface area contributed by atoms with Gasteiger partial charge in [0.1, 0.15) is 5.75 Å². The van der Waals surface area contributed by atoms with Crippen LogP contribution in [0.25, 0.3) is 0 Å². The average molecular weight is 224 g/mol. The first-order chi connectivity index (χ1) is 7.63. The average Bonchev–Trinajstić information content (AvgIpc) is 2.27. The lowest BCUT2D eigenvalue weighted by molar-refractivity contribution is -0.139. The van der Waals surface area contributed by atoms with Gasteiger partial charge in [0.15, 0.2) is 6.61 Å². The number of carbonyl (C=O) groups is 2. The molecular formula is C11H12O5. The van der Waals surface area contributed by atoms with E-state index >= 15 is 0 Å². The van der Waals surface area contributed by atoms with E-state index in [0.29, 0.717) is 17.9 Å². The Morgan fingerprint density at radius 3 is 2.75 bits per heavy atom. The number of rotatable bonds is 5. The Balaban J connectivity index is 2.70. The lowest BCUT2D eigenvalue weighted by atomic mass is 10.2. The molecule has 0 saturated carbocycles. The topological polar surface area (TPSA) is 72.8 Å². The van der Waals surface area contributed by atoms with Crippen molar-refractivity contribution >= 4 is 11.9 Å². The molecule has 5 heteroatoms. The molecule has 1 aromatic carbocycles. The zero-order chi connectivity index (χ0) is 12.0. The van der Waals surface area contributed by atoms with Crippen LogP contribution in [0.2, 0.25) is 0 Å². The van der Waals surface area contributed by atoms with E-state index in [-0.39, 0.29) is 0 Å². The SMILES string of the molecule is CCOC(=O)c1cccc(OCC(=O)O)c1. The van der Waals surface area contributed by atoms with Crippen molar-refractivity contribution in [2.45, 2.75) is 6.92 Å². The molecule has 16 heavy (non-hydrogen) atoms. The summed E-state index contributed by atoms with van der Waals surface area (Å²) < 4.78 is 9.73. The van der Waals surface area contributed by atoms with Crippen molar-refractivity contribution in [3.63, 3.8) is 0 Å². The molecule has 0 spiro atoms. The fraction of sp³-hybridized carbons (Fsp3) is 0.273. The summed E-state index contributed by atoms with van der Waals surface area (Å²) in [7, 11) is 0. The lowest BCUT2D eigenvalue weighted by Crippen LogP contribution is -2.10. The Morgan fingerprint density at radius 2 is 2.12 bits per heavy atom. The van der Waals surface area contributed by atoms with E-state index in [1.807, 2.05) is 0 Å². The summed E-state index contributed by atoms with van der Waals surface area (Å²) in [6.07, 6.45) is 0. The second-order valence-corrected chi connectivity index (χ2v) is 2.93. The number of carboxylic acid groups (broad SMARTS) is 1. The van der Waals surface area contributed by atoms with Gasteiger partial charge < -0.3 is 14.6 Å². The molecule has 1 aromatic rings. The summed E-state index contributed by atoms with van der Waals surface area (Å²) >= 11 is 0. The van der Waals surface area contributed by atoms with Crippen LogP contribution in [0.1, 0.15) is 17.3 Å². The number of ether oxygens (including phenoxy) is 2. The summed E-state index contributed by atoms with van der Waals surface area (Å²) in [5.41, 5.74) is 0.338. The van der Waals surface area contributed by atoms with Crippen LogP contribution in [0.5, 0.6) is 5.75 Å². The molecule has 86 valence electrons. The quantitative estimate of drug-likeness (QED) is 0.764. The Hall–Kier alpha value is -2.04. The Labute approximate surface area is 92.6 Å². The maximum atomic E-state index is 11.3. The van der Waals surface area contributed by atoms with Crippen molar-refractivity contribution in [1.82, 2.24) is 0 Å². The standard InChI is InChI=1S/C11H12O5/c1-2-15-11(14)8-4-3-5-9(6-8)16-7-10(12)13/h3-6H,2,7H2,1H3,(H,12,13). The molecule has 0 aromatic heterocycles. The molecule has 0 aliphatic carbocycles. The molecular weight excluding hydrogens is 212 g/mol. The molecule has 1 N–H and O–H groups in total. The van der Waals surface area contributed by atoms with Gasteiger partial charge in [-0.15, -0.1) is 0 Å². The van der Waals surface area contributed by atoms with Gasteiger partial charge in [0.25, 0.3) is 0 Å². The van der Waals surface area contributed by atoms with Crippen molar-refractivity contribution in [2.75, 3.05) is 13.2 Å². The van der Waals surface area contributed by atoms with E-state index in [4.69, 9.17) is 14.6 Å². The number of aliphatic carboxylic acids is 1. The summed E-state index contributed by atoms with van der Waals surface area (Å²) in [4.78, 5) is 21.6. The van der Waals surface area contributed by atoms with E-state index in [1.165, 1.54) is 6.07 Å². The number of benzene rings is 1. The van der Waals surface area contributed by atoms with E-state index < -0.39 is 18.5 Å². The third-order valence-corrected chi connectivity index (χ3v) is 1.71. The van der Waals surface area contributed by atoms with Crippen LogP contribution in [0.15, 0.2) is 24.3 Å². The van der Waals surface area contributed by atoms with E-state index in [0.717, 1.165) is 0 Å². The van der Waals surface area contributed by atoms with E-state index in [9.17, 15) is 9.59 Å². The number of hydrogen-bond donors (Lipinski definition) is 1. The molecule has 0 saturated heterocycles. The summed E-state index contributed by atoms with van der Waals surface area (Å²) in [6.45, 7) is 1.56. The van der Waals surface area contributed by atoms with Crippen LogP contribution >= 0.6 is 0 Å². The second kappa shape index (κ2) is 5.75. The molecule has 1 rings (SSSR count). The monoisotopic (exact) mass is 224 g/mol. The van der Waals surface area contributed by atoms with Crippen molar-refractivity contribution in [3.05, 3.63) is 29.8 Å². The highest BCUT2D eigenvalue weighted by molar-refractivity contribution is 5.89. The van der Waals surface area contributed by atoms with Gasteiger partial charge in [-0.25, -0.2) is 9.59 Å². The minimum Gasteiger partial charge on any atom is -0.482 e. The maximum Gasteiger partial charge on any atom is 0.341 e. The predicted molar refractivity (Wildman–Crippen MR) is 55.5 cm³/mol. The molecule has 0 bridgehead atoms. The minimum atomic E-state index is -1.07. The van der Waals surface area contributed by atoms with Crippen LogP contribution in [-0.4, -0.2) is 30.3 Å². The van der Waals surface area contributed by atoms with Crippen LogP contribution in [-0.2, 0) is 9.53 Å². The van der Waals surface area contributed by atoms with Gasteiger partial charge in [0.2, 0.25) is 0 Å². The summed E-state index contributed by atoms with van der Waals surface area (Å²) in [5, 5.41) is 8.42. The zero-order valence-electron chi connectivity index (χ0n) is 8.80. The first kappa shape index (κ1) is 12.0. The summed E-state index contributed by atoms with van der Waals surface area (Å²) in [5.74, 6) is -1.20. The van der Waals surface area contributed by atoms with Crippen LogP contribution in [0.3, 0.4) is 0 Å². The molecule has 0 radical (unpaired) electrons. The van der Waals surface area contributed by atoms with Crippen molar-refractivity contribution < 1.29 is 24.2 Å². The zero-order valence-corrected chi connectivity index (χ0v) is 8.80. The van der Waals surface area contributed by atoms with Crippen LogP contribution < -0.4 is 4.74 Å². The van der Waals surface area contributed by atoms with Gasteiger partial charge in [0.05, 0.1) is 12.2 Å². The molecule has 0 amide bonds. The van der Waals surface area contributed by atoms with Gasteiger partial charge in [-0.2, -0.15) is 0 Å². The van der Waals surface area contributed by atoms with Gasteiger partial charge in [0, 0.05) is 0 Å². The smallest absolute Gasteiger partial charge is 0.341 e.